The zero-order valence-corrected chi connectivity index (χ0v) is 11.0. The number of amides is 2. The van der Waals surface area contributed by atoms with Gasteiger partial charge < -0.3 is 15.0 Å². The molecule has 20 heavy (non-hydrogen) atoms. The van der Waals surface area contributed by atoms with Gasteiger partial charge in [-0.25, -0.2) is 4.79 Å². The minimum atomic E-state index is -4.43. The van der Waals surface area contributed by atoms with Gasteiger partial charge in [-0.2, -0.15) is 13.2 Å². The van der Waals surface area contributed by atoms with Crippen molar-refractivity contribution in [2.24, 2.45) is 0 Å². The van der Waals surface area contributed by atoms with Crippen molar-refractivity contribution in [1.29, 1.82) is 0 Å². The highest BCUT2D eigenvalue weighted by molar-refractivity contribution is 5.89. The lowest BCUT2D eigenvalue weighted by atomic mass is 10.1. The molecule has 1 aromatic rings. The number of rotatable bonds is 1. The third kappa shape index (κ3) is 3.41. The van der Waals surface area contributed by atoms with E-state index >= 15 is 0 Å². The molecule has 0 bridgehead atoms. The van der Waals surface area contributed by atoms with Gasteiger partial charge in [0.25, 0.3) is 0 Å². The van der Waals surface area contributed by atoms with E-state index < -0.39 is 17.8 Å². The Morgan fingerprint density at radius 2 is 1.95 bits per heavy atom. The molecule has 1 N–H and O–H groups in total. The summed E-state index contributed by atoms with van der Waals surface area (Å²) >= 11 is 0. The standard InChI is InChI=1S/C13H15F3N2O2/c1-9-2-3-10(8-11(9)13(14,15)16)17-12(19)18-4-6-20-7-5-18/h2-3,8H,4-7H2,1H3,(H,17,19). The van der Waals surface area contributed by atoms with Crippen molar-refractivity contribution in [1.82, 2.24) is 4.90 Å². The minimum absolute atomic E-state index is 0.127. The number of carbonyl (C=O) groups excluding carboxylic acids is 1. The van der Waals surface area contributed by atoms with Gasteiger partial charge in [0.05, 0.1) is 18.8 Å². The van der Waals surface area contributed by atoms with Crippen molar-refractivity contribution in [2.75, 3.05) is 31.6 Å². The SMILES string of the molecule is Cc1ccc(NC(=O)N2CCOCC2)cc1C(F)(F)F. The Hall–Kier alpha value is -1.76. The van der Waals surface area contributed by atoms with Crippen LogP contribution in [-0.4, -0.2) is 37.2 Å². The summed E-state index contributed by atoms with van der Waals surface area (Å²) in [6.07, 6.45) is -4.43. The maximum absolute atomic E-state index is 12.8. The van der Waals surface area contributed by atoms with Crippen LogP contribution in [0.5, 0.6) is 0 Å². The number of hydrogen-bond donors (Lipinski definition) is 1. The van der Waals surface area contributed by atoms with Crippen LogP contribution in [0.1, 0.15) is 11.1 Å². The molecule has 7 heteroatoms. The van der Waals surface area contributed by atoms with E-state index in [0.29, 0.717) is 26.3 Å². The van der Waals surface area contributed by atoms with Crippen LogP contribution >= 0.6 is 0 Å². The maximum Gasteiger partial charge on any atom is 0.416 e. The van der Waals surface area contributed by atoms with Gasteiger partial charge >= 0.3 is 12.2 Å². The second kappa shape index (κ2) is 5.70. The maximum atomic E-state index is 12.8. The van der Waals surface area contributed by atoms with Gasteiger partial charge in [0.2, 0.25) is 0 Å². The molecule has 2 rings (SSSR count). The zero-order chi connectivity index (χ0) is 14.8. The first-order valence-electron chi connectivity index (χ1n) is 6.19. The van der Waals surface area contributed by atoms with E-state index in [1.54, 1.807) is 0 Å². The van der Waals surface area contributed by atoms with Crippen molar-refractivity contribution < 1.29 is 22.7 Å². The Bertz CT molecular complexity index is 497. The molecule has 1 aliphatic rings. The lowest BCUT2D eigenvalue weighted by Gasteiger charge is -2.27. The molecule has 1 saturated heterocycles. The van der Waals surface area contributed by atoms with Crippen molar-refractivity contribution in [2.45, 2.75) is 13.1 Å². The molecule has 0 spiro atoms. The van der Waals surface area contributed by atoms with Crippen LogP contribution in [-0.2, 0) is 10.9 Å². The number of nitrogens with zero attached hydrogens (tertiary/aromatic N) is 1. The van der Waals surface area contributed by atoms with Gasteiger partial charge in [-0.3, -0.25) is 0 Å². The highest BCUT2D eigenvalue weighted by Gasteiger charge is 2.32. The van der Waals surface area contributed by atoms with Gasteiger partial charge in [0, 0.05) is 18.8 Å². The van der Waals surface area contributed by atoms with E-state index in [2.05, 4.69) is 5.32 Å². The average molecular weight is 288 g/mol. The minimum Gasteiger partial charge on any atom is -0.378 e. The number of carbonyl (C=O) groups is 1. The fraction of sp³-hybridized carbons (Fsp3) is 0.462. The molecule has 1 aliphatic heterocycles. The Labute approximate surface area is 114 Å². The third-order valence-corrected chi connectivity index (χ3v) is 3.09. The van der Waals surface area contributed by atoms with Crippen LogP contribution in [0.2, 0.25) is 0 Å². The Morgan fingerprint density at radius 1 is 1.30 bits per heavy atom. The van der Waals surface area contributed by atoms with Crippen LogP contribution in [0.25, 0.3) is 0 Å². The van der Waals surface area contributed by atoms with Crippen molar-refractivity contribution in [3.05, 3.63) is 29.3 Å². The molecule has 0 aromatic heterocycles. The molecule has 1 heterocycles. The van der Waals surface area contributed by atoms with Gasteiger partial charge in [-0.1, -0.05) is 6.07 Å². The van der Waals surface area contributed by atoms with Gasteiger partial charge in [-0.15, -0.1) is 0 Å². The Morgan fingerprint density at radius 3 is 2.55 bits per heavy atom. The van der Waals surface area contributed by atoms with E-state index in [1.807, 2.05) is 0 Å². The summed E-state index contributed by atoms with van der Waals surface area (Å²) in [6.45, 7) is 3.13. The number of benzene rings is 1. The number of urea groups is 1. The predicted octanol–water partition coefficient (Wildman–Crippen LogP) is 2.88. The van der Waals surface area contributed by atoms with E-state index in [9.17, 15) is 18.0 Å². The number of hydrogen-bond acceptors (Lipinski definition) is 2. The summed E-state index contributed by atoms with van der Waals surface area (Å²) in [7, 11) is 0. The normalized spacial score (nSPS) is 16.1. The smallest absolute Gasteiger partial charge is 0.378 e. The molecule has 0 aliphatic carbocycles. The third-order valence-electron chi connectivity index (χ3n) is 3.09. The second-order valence-corrected chi connectivity index (χ2v) is 4.56. The van der Waals surface area contributed by atoms with Crippen molar-refractivity contribution in [3.8, 4) is 0 Å². The molecule has 4 nitrogen and oxygen atoms in total. The molecule has 1 fully saturated rings. The summed E-state index contributed by atoms with van der Waals surface area (Å²) in [6, 6.07) is 3.35. The van der Waals surface area contributed by atoms with Crippen LogP contribution in [0.4, 0.5) is 23.7 Å². The Kier molecular flexibility index (Phi) is 4.17. The first-order chi connectivity index (χ1) is 9.38. The fourth-order valence-electron chi connectivity index (χ4n) is 1.97. The summed E-state index contributed by atoms with van der Waals surface area (Å²) in [5.74, 6) is 0. The summed E-state index contributed by atoms with van der Waals surface area (Å²) in [5, 5.41) is 2.48. The van der Waals surface area contributed by atoms with Crippen molar-refractivity contribution >= 4 is 11.7 Å². The summed E-state index contributed by atoms with van der Waals surface area (Å²) < 4.78 is 43.5. The van der Waals surface area contributed by atoms with Gasteiger partial charge in [0.1, 0.15) is 0 Å². The lowest BCUT2D eigenvalue weighted by Crippen LogP contribution is -2.43. The Balaban J connectivity index is 2.11. The number of morpholine rings is 1. The molecular formula is C13H15F3N2O2. The number of halogens is 3. The van der Waals surface area contributed by atoms with E-state index in [4.69, 9.17) is 4.74 Å². The number of aryl methyl sites for hydroxylation is 1. The number of anilines is 1. The quantitative estimate of drug-likeness (QED) is 0.863. The van der Waals surface area contributed by atoms with Gasteiger partial charge in [0.15, 0.2) is 0 Å². The lowest BCUT2D eigenvalue weighted by molar-refractivity contribution is -0.138. The van der Waals surface area contributed by atoms with Crippen LogP contribution in [0.3, 0.4) is 0 Å². The zero-order valence-electron chi connectivity index (χ0n) is 11.0. The van der Waals surface area contributed by atoms with E-state index in [1.165, 1.54) is 24.0 Å². The molecule has 1 aromatic carbocycles. The van der Waals surface area contributed by atoms with E-state index in [0.717, 1.165) is 6.07 Å². The number of alkyl halides is 3. The fourth-order valence-corrected chi connectivity index (χ4v) is 1.97. The highest BCUT2D eigenvalue weighted by atomic mass is 19.4. The molecular weight excluding hydrogens is 273 g/mol. The first-order valence-corrected chi connectivity index (χ1v) is 6.19. The largest absolute Gasteiger partial charge is 0.416 e. The predicted molar refractivity (Wildman–Crippen MR) is 67.6 cm³/mol. The average Bonchev–Trinajstić information content (AvgIpc) is 2.40. The van der Waals surface area contributed by atoms with Crippen LogP contribution < -0.4 is 5.32 Å². The molecule has 2 amide bonds. The topological polar surface area (TPSA) is 41.6 Å². The van der Waals surface area contributed by atoms with Crippen LogP contribution in [0, 0.1) is 6.92 Å². The first kappa shape index (κ1) is 14.6. The van der Waals surface area contributed by atoms with Crippen LogP contribution in [0.15, 0.2) is 18.2 Å². The highest BCUT2D eigenvalue weighted by Crippen LogP contribution is 2.33. The molecule has 110 valence electrons. The number of ether oxygens (including phenoxy) is 1. The molecule has 0 atom stereocenters. The van der Waals surface area contributed by atoms with E-state index in [-0.39, 0.29) is 11.3 Å². The summed E-state index contributed by atoms with van der Waals surface area (Å²) in [4.78, 5) is 13.4. The molecule has 0 unspecified atom stereocenters. The van der Waals surface area contributed by atoms with Gasteiger partial charge in [-0.05, 0) is 24.6 Å². The summed E-state index contributed by atoms with van der Waals surface area (Å²) in [5.41, 5.74) is -0.474. The number of nitrogens with one attached hydrogen (secondary N) is 1. The monoisotopic (exact) mass is 288 g/mol. The second-order valence-electron chi connectivity index (χ2n) is 4.56. The molecule has 0 radical (unpaired) electrons. The molecule has 0 saturated carbocycles. The van der Waals surface area contributed by atoms with Crippen molar-refractivity contribution in [3.63, 3.8) is 0 Å².